The van der Waals surface area contributed by atoms with Gasteiger partial charge in [0.15, 0.2) is 14.9 Å². The summed E-state index contributed by atoms with van der Waals surface area (Å²) >= 11 is 0. The van der Waals surface area contributed by atoms with Crippen molar-refractivity contribution in [2.75, 3.05) is 5.75 Å². The molecular weight excluding hydrogens is 492 g/mol. The van der Waals surface area contributed by atoms with Crippen molar-refractivity contribution in [2.24, 2.45) is 0 Å². The van der Waals surface area contributed by atoms with Crippen LogP contribution in [0.4, 0.5) is 26.3 Å². The molecule has 0 atom stereocenters. The second-order valence-electron chi connectivity index (χ2n) is 6.87. The molecule has 0 spiro atoms. The van der Waals surface area contributed by atoms with Gasteiger partial charge in [0.25, 0.3) is 0 Å². The number of nitrogens with zero attached hydrogens (tertiary/aromatic N) is 5. The smallest absolute Gasteiger partial charge is 0.406 e. The Morgan fingerprint density at radius 1 is 1.00 bits per heavy atom. The van der Waals surface area contributed by atoms with Gasteiger partial charge >= 0.3 is 12.5 Å². The van der Waals surface area contributed by atoms with Gasteiger partial charge < -0.3 is 4.74 Å². The van der Waals surface area contributed by atoms with E-state index in [1.165, 1.54) is 19.1 Å². The summed E-state index contributed by atoms with van der Waals surface area (Å²) in [5.41, 5.74) is -1.15. The first kappa shape index (κ1) is 23.5. The van der Waals surface area contributed by atoms with Gasteiger partial charge in [-0.2, -0.15) is 13.2 Å². The molecular formula is C19H13F6N5O3S. The van der Waals surface area contributed by atoms with Crippen LogP contribution in [0, 0.1) is 0 Å². The minimum Gasteiger partial charge on any atom is -0.406 e. The highest BCUT2D eigenvalue weighted by Crippen LogP contribution is 2.33. The zero-order chi connectivity index (χ0) is 24.9. The van der Waals surface area contributed by atoms with E-state index in [1.807, 2.05) is 0 Å². The predicted octanol–water partition coefficient (Wildman–Crippen LogP) is 4.29. The van der Waals surface area contributed by atoms with Crippen molar-refractivity contribution >= 4 is 15.5 Å². The summed E-state index contributed by atoms with van der Waals surface area (Å²) in [5.74, 6) is -1.10. The minimum absolute atomic E-state index is 0.0694. The third-order valence-electron chi connectivity index (χ3n) is 4.62. The number of hydrogen-bond acceptors (Lipinski definition) is 6. The fourth-order valence-corrected chi connectivity index (χ4v) is 4.22. The number of sulfone groups is 1. The number of ether oxygens (including phenoxy) is 1. The molecule has 34 heavy (non-hydrogen) atoms. The van der Waals surface area contributed by atoms with Crippen molar-refractivity contribution in [2.45, 2.75) is 24.5 Å². The Morgan fingerprint density at radius 3 is 2.26 bits per heavy atom. The van der Waals surface area contributed by atoms with Gasteiger partial charge in [0.1, 0.15) is 23.4 Å². The van der Waals surface area contributed by atoms with Gasteiger partial charge in [-0.15, -0.1) is 18.3 Å². The van der Waals surface area contributed by atoms with E-state index in [1.54, 1.807) is 0 Å². The standard InChI is InChI=1S/C19H13F6N5O3S/c1-2-34(31,32)17-15(27-14-8-3-11(9-29(14)17)18(20,21)22)16-26-10-30(28-16)12-4-6-13(7-5-12)33-19(23,24)25/h3-10H,2H2,1H3. The quantitative estimate of drug-likeness (QED) is 0.376. The molecule has 15 heteroatoms. The second-order valence-corrected chi connectivity index (χ2v) is 9.06. The topological polar surface area (TPSA) is 91.4 Å². The molecule has 4 aromatic rings. The normalized spacial score (nSPS) is 12.9. The van der Waals surface area contributed by atoms with E-state index in [9.17, 15) is 34.8 Å². The lowest BCUT2D eigenvalue weighted by molar-refractivity contribution is -0.274. The summed E-state index contributed by atoms with van der Waals surface area (Å²) in [4.78, 5) is 8.11. The van der Waals surface area contributed by atoms with Gasteiger partial charge in [0, 0.05) is 6.20 Å². The maximum absolute atomic E-state index is 13.2. The number of rotatable bonds is 5. The highest BCUT2D eigenvalue weighted by atomic mass is 32.2. The summed E-state index contributed by atoms with van der Waals surface area (Å²) in [7, 11) is -4.08. The number of halogens is 6. The van der Waals surface area contributed by atoms with Crippen molar-refractivity contribution in [1.29, 1.82) is 0 Å². The highest BCUT2D eigenvalue weighted by molar-refractivity contribution is 7.91. The van der Waals surface area contributed by atoms with E-state index in [0.717, 1.165) is 39.7 Å². The highest BCUT2D eigenvalue weighted by Gasteiger charge is 2.34. The molecule has 0 fully saturated rings. The predicted molar refractivity (Wildman–Crippen MR) is 105 cm³/mol. The Bertz CT molecular complexity index is 1460. The number of imidazole rings is 1. The minimum atomic E-state index is -4.86. The molecule has 0 amide bonds. The van der Waals surface area contributed by atoms with E-state index in [2.05, 4.69) is 19.8 Å². The van der Waals surface area contributed by atoms with Crippen molar-refractivity contribution < 1.29 is 39.5 Å². The fourth-order valence-electron chi connectivity index (χ4n) is 3.07. The van der Waals surface area contributed by atoms with Crippen LogP contribution in [0.15, 0.2) is 53.9 Å². The van der Waals surface area contributed by atoms with Crippen LogP contribution in [0.25, 0.3) is 22.9 Å². The molecule has 4 rings (SSSR count). The fraction of sp³-hybridized carbons (Fsp3) is 0.211. The monoisotopic (exact) mass is 505 g/mol. The molecule has 0 aliphatic carbocycles. The number of fused-ring (bicyclic) bond motifs is 1. The summed E-state index contributed by atoms with van der Waals surface area (Å²) < 4.78 is 108. The van der Waals surface area contributed by atoms with Crippen LogP contribution in [0.1, 0.15) is 12.5 Å². The first-order chi connectivity index (χ1) is 15.8. The largest absolute Gasteiger partial charge is 0.573 e. The Hall–Kier alpha value is -3.62. The number of aromatic nitrogens is 5. The molecule has 0 unspecified atom stereocenters. The summed E-state index contributed by atoms with van der Waals surface area (Å²) in [6.45, 7) is 1.32. The van der Waals surface area contributed by atoms with Gasteiger partial charge in [-0.25, -0.2) is 23.1 Å². The van der Waals surface area contributed by atoms with Crippen LogP contribution < -0.4 is 4.74 Å². The molecule has 0 saturated carbocycles. The second kappa shape index (κ2) is 8.00. The summed E-state index contributed by atoms with van der Waals surface area (Å²) in [6.07, 6.45) is -7.79. The van der Waals surface area contributed by atoms with Gasteiger partial charge in [0.05, 0.1) is 17.0 Å². The van der Waals surface area contributed by atoms with Crippen LogP contribution in [-0.2, 0) is 16.0 Å². The maximum Gasteiger partial charge on any atom is 0.573 e. The third kappa shape index (κ3) is 4.55. The Kier molecular flexibility index (Phi) is 5.54. The van der Waals surface area contributed by atoms with E-state index in [4.69, 9.17) is 0 Å². The Labute approximate surface area is 187 Å². The summed E-state index contributed by atoms with van der Waals surface area (Å²) in [6, 6.07) is 6.38. The molecule has 3 heterocycles. The number of hydrogen-bond donors (Lipinski definition) is 0. The van der Waals surface area contributed by atoms with E-state index >= 15 is 0 Å². The SMILES string of the molecule is CCS(=O)(=O)c1c(-c2ncn(-c3ccc(OC(F)(F)F)cc3)n2)nc2ccc(C(F)(F)F)cn12. The van der Waals surface area contributed by atoms with Crippen molar-refractivity contribution in [3.63, 3.8) is 0 Å². The van der Waals surface area contributed by atoms with Gasteiger partial charge in [-0.1, -0.05) is 6.92 Å². The van der Waals surface area contributed by atoms with Crippen molar-refractivity contribution in [3.8, 4) is 23.0 Å². The van der Waals surface area contributed by atoms with Crippen LogP contribution in [-0.4, -0.2) is 44.7 Å². The Morgan fingerprint density at radius 2 is 1.68 bits per heavy atom. The zero-order valence-corrected chi connectivity index (χ0v) is 17.8. The molecule has 0 N–H and O–H groups in total. The first-order valence-electron chi connectivity index (χ1n) is 9.39. The number of pyridine rings is 1. The molecule has 0 radical (unpaired) electrons. The number of alkyl halides is 6. The maximum atomic E-state index is 13.2. The van der Waals surface area contributed by atoms with Gasteiger partial charge in [-0.3, -0.25) is 4.40 Å². The molecule has 0 bridgehead atoms. The summed E-state index contributed by atoms with van der Waals surface area (Å²) in [5, 5.41) is 3.60. The van der Waals surface area contributed by atoms with Crippen LogP contribution in [0.3, 0.4) is 0 Å². The molecule has 180 valence electrons. The third-order valence-corrected chi connectivity index (χ3v) is 6.35. The van der Waals surface area contributed by atoms with E-state index < -0.39 is 44.5 Å². The van der Waals surface area contributed by atoms with Crippen molar-refractivity contribution in [3.05, 3.63) is 54.5 Å². The van der Waals surface area contributed by atoms with E-state index in [-0.39, 0.29) is 22.9 Å². The molecule has 0 aliphatic rings. The lowest BCUT2D eigenvalue weighted by Gasteiger charge is -2.09. The van der Waals surface area contributed by atoms with Crippen LogP contribution >= 0.6 is 0 Å². The lowest BCUT2D eigenvalue weighted by Crippen LogP contribution is -2.17. The number of benzene rings is 1. The molecule has 3 aromatic heterocycles. The van der Waals surface area contributed by atoms with Gasteiger partial charge in [0.2, 0.25) is 5.82 Å². The molecule has 0 aliphatic heterocycles. The van der Waals surface area contributed by atoms with Gasteiger partial charge in [-0.05, 0) is 36.4 Å². The molecule has 8 nitrogen and oxygen atoms in total. The van der Waals surface area contributed by atoms with Crippen LogP contribution in [0.5, 0.6) is 5.75 Å². The molecule has 0 saturated heterocycles. The Balaban J connectivity index is 1.80. The van der Waals surface area contributed by atoms with Crippen molar-refractivity contribution in [1.82, 2.24) is 24.1 Å². The van der Waals surface area contributed by atoms with E-state index in [0.29, 0.717) is 6.20 Å². The average molecular weight is 505 g/mol. The lowest BCUT2D eigenvalue weighted by atomic mass is 10.3. The average Bonchev–Trinajstić information content (AvgIpc) is 3.37. The zero-order valence-electron chi connectivity index (χ0n) is 17.0. The first-order valence-corrected chi connectivity index (χ1v) is 11.0. The molecule has 1 aromatic carbocycles. The van der Waals surface area contributed by atoms with Crippen LogP contribution in [0.2, 0.25) is 0 Å².